The smallest absolute Gasteiger partial charge is 0.222 e. The molecule has 1 atom stereocenters. The van der Waals surface area contributed by atoms with Gasteiger partial charge in [0.25, 0.3) is 0 Å². The number of aryl methyl sites for hydroxylation is 1. The van der Waals surface area contributed by atoms with Crippen molar-refractivity contribution < 1.29 is 4.39 Å². The number of pyridine rings is 3. The van der Waals surface area contributed by atoms with Gasteiger partial charge in [-0.05, 0) is 73.4 Å². The SMILES string of the molecule is Cc1cnc(F)c(-c2cc3c(-c4nc(NC5CCNCC5(C)C)c5c(C6CC6)cncc5n4)ccnc3[nH]2)c1. The van der Waals surface area contributed by atoms with Gasteiger partial charge in [-0.2, -0.15) is 4.39 Å². The van der Waals surface area contributed by atoms with E-state index in [-0.39, 0.29) is 11.5 Å². The van der Waals surface area contributed by atoms with E-state index in [9.17, 15) is 4.39 Å². The molecule has 6 heterocycles. The molecule has 0 bridgehead atoms. The Morgan fingerprint density at radius 2 is 1.90 bits per heavy atom. The third kappa shape index (κ3) is 4.30. The lowest BCUT2D eigenvalue weighted by molar-refractivity contribution is 0.236. The van der Waals surface area contributed by atoms with Crippen LogP contribution in [0.2, 0.25) is 0 Å². The summed E-state index contributed by atoms with van der Waals surface area (Å²) in [5.41, 5.74) is 5.49. The van der Waals surface area contributed by atoms with Crippen LogP contribution in [0, 0.1) is 18.3 Å². The third-order valence-electron chi connectivity index (χ3n) is 8.14. The number of aromatic nitrogens is 6. The molecule has 0 amide bonds. The molecule has 2 aliphatic rings. The van der Waals surface area contributed by atoms with Gasteiger partial charge in [0.2, 0.25) is 5.95 Å². The van der Waals surface area contributed by atoms with E-state index < -0.39 is 5.95 Å². The first-order valence-electron chi connectivity index (χ1n) is 13.6. The van der Waals surface area contributed by atoms with Gasteiger partial charge in [-0.25, -0.2) is 19.9 Å². The molecule has 8 nitrogen and oxygen atoms in total. The highest BCUT2D eigenvalue weighted by Gasteiger charge is 2.34. The highest BCUT2D eigenvalue weighted by Crippen LogP contribution is 2.45. The number of hydrogen-bond acceptors (Lipinski definition) is 7. The summed E-state index contributed by atoms with van der Waals surface area (Å²) < 4.78 is 14.6. The van der Waals surface area contributed by atoms with Crippen molar-refractivity contribution in [3.63, 3.8) is 0 Å². The molecule has 1 saturated heterocycles. The molecule has 7 rings (SSSR count). The standard InChI is InChI=1S/C30H31FN8/c1-16-10-20(26(31)35-12-16)22-11-19-18(6-9-34-27(19)36-22)28-37-23-14-33-13-21(17-4-5-17)25(23)29(39-28)38-24-7-8-32-15-30(24,2)3/h6,9-14,17,24,32H,4-5,7-8,15H2,1-3H3,(H,34,36)(H,37,38,39). The lowest BCUT2D eigenvalue weighted by Crippen LogP contribution is -2.49. The molecule has 2 fully saturated rings. The van der Waals surface area contributed by atoms with E-state index in [1.165, 1.54) is 24.6 Å². The van der Waals surface area contributed by atoms with Crippen LogP contribution in [-0.4, -0.2) is 49.0 Å². The molecular weight excluding hydrogens is 491 g/mol. The van der Waals surface area contributed by atoms with Gasteiger partial charge in [0.05, 0.1) is 23.0 Å². The lowest BCUT2D eigenvalue weighted by atomic mass is 9.80. The van der Waals surface area contributed by atoms with Crippen LogP contribution in [0.5, 0.6) is 0 Å². The molecule has 1 aliphatic heterocycles. The summed E-state index contributed by atoms with van der Waals surface area (Å²) in [6.45, 7) is 8.39. The highest BCUT2D eigenvalue weighted by molar-refractivity contribution is 5.98. The van der Waals surface area contributed by atoms with Crippen LogP contribution in [0.15, 0.2) is 43.0 Å². The van der Waals surface area contributed by atoms with Gasteiger partial charge in [-0.15, -0.1) is 0 Å². The van der Waals surface area contributed by atoms with Gasteiger partial charge < -0.3 is 15.6 Å². The molecule has 5 aromatic rings. The minimum Gasteiger partial charge on any atom is -0.366 e. The number of fused-ring (bicyclic) bond motifs is 2. The van der Waals surface area contributed by atoms with Crippen LogP contribution in [0.3, 0.4) is 0 Å². The number of rotatable bonds is 5. The molecule has 1 saturated carbocycles. The Morgan fingerprint density at radius 1 is 1.03 bits per heavy atom. The maximum absolute atomic E-state index is 14.6. The van der Waals surface area contributed by atoms with Crippen molar-refractivity contribution in [3.8, 4) is 22.6 Å². The first kappa shape index (κ1) is 24.1. The van der Waals surface area contributed by atoms with Crippen LogP contribution < -0.4 is 10.6 Å². The number of nitrogens with one attached hydrogen (secondary N) is 3. The van der Waals surface area contributed by atoms with Crippen molar-refractivity contribution in [1.82, 2.24) is 35.2 Å². The maximum atomic E-state index is 14.6. The second kappa shape index (κ2) is 9.05. The van der Waals surface area contributed by atoms with E-state index in [1.807, 2.05) is 31.5 Å². The summed E-state index contributed by atoms with van der Waals surface area (Å²) in [7, 11) is 0. The predicted molar refractivity (Wildman–Crippen MR) is 151 cm³/mol. The predicted octanol–water partition coefficient (Wildman–Crippen LogP) is 5.76. The number of halogens is 1. The first-order valence-corrected chi connectivity index (χ1v) is 13.6. The van der Waals surface area contributed by atoms with E-state index in [0.29, 0.717) is 28.6 Å². The van der Waals surface area contributed by atoms with Crippen LogP contribution in [-0.2, 0) is 0 Å². The molecule has 1 aliphatic carbocycles. The minimum absolute atomic E-state index is 0.0634. The molecular formula is C30H31FN8. The van der Waals surface area contributed by atoms with Crippen LogP contribution >= 0.6 is 0 Å². The van der Waals surface area contributed by atoms with Gasteiger partial charge in [0.1, 0.15) is 11.5 Å². The van der Waals surface area contributed by atoms with Crippen molar-refractivity contribution in [2.75, 3.05) is 18.4 Å². The fourth-order valence-corrected chi connectivity index (χ4v) is 5.75. The summed E-state index contributed by atoms with van der Waals surface area (Å²) in [5, 5.41) is 9.26. The lowest BCUT2D eigenvalue weighted by Gasteiger charge is -2.40. The maximum Gasteiger partial charge on any atom is 0.222 e. The monoisotopic (exact) mass is 522 g/mol. The largest absolute Gasteiger partial charge is 0.366 e. The molecule has 1 unspecified atom stereocenters. The Kier molecular flexibility index (Phi) is 5.59. The number of anilines is 1. The van der Waals surface area contributed by atoms with Crippen LogP contribution in [0.25, 0.3) is 44.6 Å². The quantitative estimate of drug-likeness (QED) is 0.252. The number of aromatic amines is 1. The van der Waals surface area contributed by atoms with E-state index in [4.69, 9.17) is 9.97 Å². The summed E-state index contributed by atoms with van der Waals surface area (Å²) in [5.74, 6) is 1.43. The number of H-pyrrole nitrogens is 1. The molecule has 0 spiro atoms. The number of nitrogens with zero attached hydrogens (tertiary/aromatic N) is 5. The van der Waals surface area contributed by atoms with E-state index in [0.717, 1.165) is 52.7 Å². The fourth-order valence-electron chi connectivity index (χ4n) is 5.75. The summed E-state index contributed by atoms with van der Waals surface area (Å²) in [6.07, 6.45) is 10.4. The van der Waals surface area contributed by atoms with Crippen molar-refractivity contribution >= 4 is 27.8 Å². The molecule has 9 heteroatoms. The third-order valence-corrected chi connectivity index (χ3v) is 8.14. The number of hydrogen-bond donors (Lipinski definition) is 3. The van der Waals surface area contributed by atoms with Gasteiger partial charge in [0.15, 0.2) is 5.82 Å². The Labute approximate surface area is 225 Å². The first-order chi connectivity index (χ1) is 18.9. The highest BCUT2D eigenvalue weighted by atomic mass is 19.1. The van der Waals surface area contributed by atoms with Gasteiger partial charge >= 0.3 is 0 Å². The van der Waals surface area contributed by atoms with Gasteiger partial charge in [-0.1, -0.05) is 13.8 Å². The molecule has 5 aromatic heterocycles. The zero-order valence-electron chi connectivity index (χ0n) is 22.3. The Morgan fingerprint density at radius 3 is 2.72 bits per heavy atom. The van der Waals surface area contributed by atoms with Crippen molar-refractivity contribution in [1.29, 1.82) is 0 Å². The van der Waals surface area contributed by atoms with E-state index >= 15 is 0 Å². The van der Waals surface area contributed by atoms with Crippen LogP contribution in [0.1, 0.15) is 50.2 Å². The second-order valence-corrected chi connectivity index (χ2v) is 11.6. The van der Waals surface area contributed by atoms with Crippen molar-refractivity contribution in [2.24, 2.45) is 5.41 Å². The molecule has 39 heavy (non-hydrogen) atoms. The summed E-state index contributed by atoms with van der Waals surface area (Å²) >= 11 is 0. The Bertz CT molecular complexity index is 1720. The molecule has 0 aromatic carbocycles. The average Bonchev–Trinajstić information content (AvgIpc) is 3.68. The molecule has 3 N–H and O–H groups in total. The van der Waals surface area contributed by atoms with E-state index in [1.54, 1.807) is 12.3 Å². The van der Waals surface area contributed by atoms with Gasteiger partial charge in [0, 0.05) is 47.5 Å². The van der Waals surface area contributed by atoms with Crippen LogP contribution in [0.4, 0.5) is 10.2 Å². The fraction of sp³-hybridized carbons (Fsp3) is 0.367. The van der Waals surface area contributed by atoms with E-state index in [2.05, 4.69) is 44.4 Å². The zero-order valence-corrected chi connectivity index (χ0v) is 22.3. The minimum atomic E-state index is -0.523. The molecule has 198 valence electrons. The normalized spacial score (nSPS) is 19.0. The topological polar surface area (TPSA) is 104 Å². The van der Waals surface area contributed by atoms with Crippen molar-refractivity contribution in [3.05, 3.63) is 60.1 Å². The zero-order chi connectivity index (χ0) is 26.7. The summed E-state index contributed by atoms with van der Waals surface area (Å²) in [4.78, 5) is 26.4. The second-order valence-electron chi connectivity index (χ2n) is 11.6. The van der Waals surface area contributed by atoms with Crippen molar-refractivity contribution in [2.45, 2.75) is 52.0 Å². The number of piperidine rings is 1. The Hall–Kier alpha value is -3.98. The molecule has 0 radical (unpaired) electrons. The average molecular weight is 523 g/mol. The summed E-state index contributed by atoms with van der Waals surface area (Å²) in [6, 6.07) is 5.88. The van der Waals surface area contributed by atoms with Gasteiger partial charge in [-0.3, -0.25) is 4.98 Å². The Balaban J connectivity index is 1.40.